The molecule has 12 heavy (non-hydrogen) atoms. The van der Waals surface area contributed by atoms with E-state index in [4.69, 9.17) is 0 Å². The maximum atomic E-state index is 10.6. The Morgan fingerprint density at radius 1 is 0.917 bits per heavy atom. The summed E-state index contributed by atoms with van der Waals surface area (Å²) in [6.07, 6.45) is 0. The van der Waals surface area contributed by atoms with Gasteiger partial charge >= 0.3 is 0 Å². The highest BCUT2D eigenvalue weighted by Crippen LogP contribution is 2.09. The smallest absolute Gasteiger partial charge is 0.0827 e. The molecule has 0 amide bonds. The Morgan fingerprint density at radius 2 is 1.17 bits per heavy atom. The lowest BCUT2D eigenvalue weighted by molar-refractivity contribution is 0.597. The van der Waals surface area contributed by atoms with E-state index in [0.717, 1.165) is 0 Å². The van der Waals surface area contributed by atoms with Crippen LogP contribution in [0.15, 0.2) is 0 Å². The summed E-state index contributed by atoms with van der Waals surface area (Å²) < 4.78 is 45.2. The van der Waals surface area contributed by atoms with Crippen LogP contribution in [0.3, 0.4) is 0 Å². The molecule has 0 aliphatic rings. The van der Waals surface area contributed by atoms with E-state index in [1.165, 1.54) is 13.8 Å². The SMILES string of the molecule is C.CCS(=O)(=O)[N-]S(=O)(=O)CC. The molecule has 0 fully saturated rings. The van der Waals surface area contributed by atoms with Crippen LogP contribution in [0.25, 0.3) is 4.13 Å². The zero-order valence-electron chi connectivity index (χ0n) is 6.31. The van der Waals surface area contributed by atoms with Crippen LogP contribution in [0.4, 0.5) is 0 Å². The van der Waals surface area contributed by atoms with Crippen molar-refractivity contribution in [3.05, 3.63) is 4.13 Å². The first kappa shape index (κ1) is 14.4. The van der Waals surface area contributed by atoms with Gasteiger partial charge in [0.2, 0.25) is 0 Å². The summed E-state index contributed by atoms with van der Waals surface area (Å²) in [7, 11) is -7.50. The van der Waals surface area contributed by atoms with Crippen molar-refractivity contribution in [2.75, 3.05) is 11.5 Å². The molecule has 0 N–H and O–H groups in total. The summed E-state index contributed by atoms with van der Waals surface area (Å²) in [6.45, 7) is 2.67. The highest BCUT2D eigenvalue weighted by Gasteiger charge is 2.02. The van der Waals surface area contributed by atoms with E-state index >= 15 is 0 Å². The van der Waals surface area contributed by atoms with Crippen LogP contribution in [0, 0.1) is 0 Å². The fraction of sp³-hybridized carbons (Fsp3) is 1.00. The van der Waals surface area contributed by atoms with Gasteiger partial charge in [0.05, 0.1) is 20.0 Å². The number of hydrogen-bond acceptors (Lipinski definition) is 4. The zero-order valence-corrected chi connectivity index (χ0v) is 7.94. The van der Waals surface area contributed by atoms with Crippen LogP contribution in [-0.4, -0.2) is 28.3 Å². The van der Waals surface area contributed by atoms with Gasteiger partial charge in [0, 0.05) is 11.5 Å². The second kappa shape index (κ2) is 4.78. The molecule has 0 atom stereocenters. The summed E-state index contributed by atoms with van der Waals surface area (Å²) in [5, 5.41) is 0. The average Bonchev–Trinajstić information content (AvgIpc) is 1.86. The molecule has 0 radical (unpaired) electrons. The van der Waals surface area contributed by atoms with Gasteiger partial charge in [-0.15, -0.1) is 0 Å². The van der Waals surface area contributed by atoms with Crippen LogP contribution in [0.5, 0.6) is 0 Å². The largest absolute Gasteiger partial charge is 0.436 e. The van der Waals surface area contributed by atoms with Gasteiger partial charge in [-0.1, -0.05) is 21.3 Å². The van der Waals surface area contributed by atoms with E-state index in [0.29, 0.717) is 0 Å². The fourth-order valence-corrected chi connectivity index (χ4v) is 2.51. The van der Waals surface area contributed by atoms with E-state index in [-0.39, 0.29) is 18.9 Å². The third kappa shape index (κ3) is 5.50. The molecule has 0 bridgehead atoms. The van der Waals surface area contributed by atoms with Crippen molar-refractivity contribution in [2.24, 2.45) is 0 Å². The average molecular weight is 216 g/mol. The van der Waals surface area contributed by atoms with Crippen molar-refractivity contribution in [1.29, 1.82) is 0 Å². The molecular formula is C5H14NO4S2-. The molecule has 0 heterocycles. The van der Waals surface area contributed by atoms with Gasteiger partial charge in [0.25, 0.3) is 0 Å². The Hall–Kier alpha value is -0.140. The van der Waals surface area contributed by atoms with Crippen molar-refractivity contribution < 1.29 is 16.8 Å². The van der Waals surface area contributed by atoms with Crippen LogP contribution >= 0.6 is 0 Å². The normalized spacial score (nSPS) is 12.2. The minimum Gasteiger partial charge on any atom is -0.436 e. The first-order chi connectivity index (χ1) is 4.83. The Bertz CT molecular complexity index is 270. The molecule has 0 unspecified atom stereocenters. The molecule has 0 aromatic rings. The Labute approximate surface area is 74.3 Å². The first-order valence-corrected chi connectivity index (χ1v) is 6.24. The molecule has 0 aliphatic carbocycles. The van der Waals surface area contributed by atoms with Crippen LogP contribution in [0.1, 0.15) is 21.3 Å². The van der Waals surface area contributed by atoms with Crippen molar-refractivity contribution in [1.82, 2.24) is 0 Å². The molecule has 0 spiro atoms. The van der Waals surface area contributed by atoms with Crippen LogP contribution in [-0.2, 0) is 20.0 Å². The molecule has 0 aromatic carbocycles. The molecule has 5 nitrogen and oxygen atoms in total. The highest BCUT2D eigenvalue weighted by molar-refractivity contribution is 8.12. The van der Waals surface area contributed by atoms with E-state index in [1.807, 2.05) is 0 Å². The molecular weight excluding hydrogens is 202 g/mol. The summed E-state index contributed by atoms with van der Waals surface area (Å²) in [6, 6.07) is 0. The summed E-state index contributed by atoms with van der Waals surface area (Å²) >= 11 is 0. The van der Waals surface area contributed by atoms with Gasteiger partial charge in [-0.3, -0.25) is 0 Å². The minimum absolute atomic E-state index is 0. The maximum absolute atomic E-state index is 10.6. The summed E-state index contributed by atoms with van der Waals surface area (Å²) in [5.41, 5.74) is 0. The number of sulfonamides is 2. The van der Waals surface area contributed by atoms with Gasteiger partial charge < -0.3 is 4.13 Å². The molecule has 76 valence electrons. The summed E-state index contributed by atoms with van der Waals surface area (Å²) in [4.78, 5) is 0. The van der Waals surface area contributed by atoms with Crippen LogP contribution in [0.2, 0.25) is 0 Å². The van der Waals surface area contributed by atoms with E-state index in [2.05, 4.69) is 4.13 Å². The van der Waals surface area contributed by atoms with E-state index in [9.17, 15) is 16.8 Å². The van der Waals surface area contributed by atoms with Crippen LogP contribution < -0.4 is 0 Å². The third-order valence-electron chi connectivity index (χ3n) is 0.957. The predicted molar refractivity (Wildman–Crippen MR) is 49.0 cm³/mol. The van der Waals surface area contributed by atoms with Gasteiger partial charge in [-0.05, 0) is 0 Å². The minimum atomic E-state index is -3.75. The number of nitrogens with zero attached hydrogens (tertiary/aromatic N) is 1. The van der Waals surface area contributed by atoms with Crippen molar-refractivity contribution in [3.63, 3.8) is 0 Å². The van der Waals surface area contributed by atoms with E-state index < -0.39 is 20.0 Å². The highest BCUT2D eigenvalue weighted by atomic mass is 32.3. The lowest BCUT2D eigenvalue weighted by Gasteiger charge is -2.17. The number of hydrogen-bond donors (Lipinski definition) is 0. The Kier molecular flexibility index (Phi) is 5.73. The lowest BCUT2D eigenvalue weighted by atomic mass is 11.0. The fourth-order valence-electron chi connectivity index (χ4n) is 0.278. The topological polar surface area (TPSA) is 82.4 Å². The molecule has 0 rings (SSSR count). The van der Waals surface area contributed by atoms with Crippen molar-refractivity contribution in [2.45, 2.75) is 21.3 Å². The number of rotatable bonds is 4. The van der Waals surface area contributed by atoms with Gasteiger partial charge in [-0.2, -0.15) is 0 Å². The molecule has 0 saturated carbocycles. The van der Waals surface area contributed by atoms with E-state index in [1.54, 1.807) is 0 Å². The molecule has 0 aromatic heterocycles. The monoisotopic (exact) mass is 216 g/mol. The molecule has 0 saturated heterocycles. The van der Waals surface area contributed by atoms with Gasteiger partial charge in [0.15, 0.2) is 0 Å². The second-order valence-corrected chi connectivity index (χ2v) is 5.89. The van der Waals surface area contributed by atoms with Crippen molar-refractivity contribution >= 4 is 20.0 Å². The predicted octanol–water partition coefficient (Wildman–Crippen LogP) is 0.696. The maximum Gasteiger partial charge on any atom is 0.0827 e. The lowest BCUT2D eigenvalue weighted by Crippen LogP contribution is -2.10. The Balaban J connectivity index is 0. The van der Waals surface area contributed by atoms with Gasteiger partial charge in [0.1, 0.15) is 0 Å². The summed E-state index contributed by atoms with van der Waals surface area (Å²) in [5.74, 6) is -0.571. The standard InChI is InChI=1S/C4H10NO4S2.CH4/c1-3-10(6,7)5-11(8,9)4-2;/h3-4H2,1-2H3;1H4/q-1;. The van der Waals surface area contributed by atoms with Crippen molar-refractivity contribution in [3.8, 4) is 0 Å². The molecule has 7 heteroatoms. The second-order valence-electron chi connectivity index (χ2n) is 1.82. The Morgan fingerprint density at radius 3 is 1.33 bits per heavy atom. The first-order valence-electron chi connectivity index (χ1n) is 3.02. The quantitative estimate of drug-likeness (QED) is 0.692. The molecule has 0 aliphatic heterocycles. The zero-order chi connectivity index (χ0) is 9.12. The third-order valence-corrected chi connectivity index (χ3v) is 4.23. The van der Waals surface area contributed by atoms with Gasteiger partial charge in [-0.25, -0.2) is 16.8 Å².